The van der Waals surface area contributed by atoms with E-state index in [1.807, 2.05) is 0 Å². The van der Waals surface area contributed by atoms with Crippen LogP contribution in [0.3, 0.4) is 0 Å². The van der Waals surface area contributed by atoms with Crippen molar-refractivity contribution in [1.82, 2.24) is 9.78 Å². The van der Waals surface area contributed by atoms with Gasteiger partial charge in [0.25, 0.3) is 0 Å². The Bertz CT molecular complexity index is 361. The number of nitrogens with zero attached hydrogens (tertiary/aromatic N) is 2. The van der Waals surface area contributed by atoms with Gasteiger partial charge in [-0.15, -0.1) is 0 Å². The van der Waals surface area contributed by atoms with Crippen molar-refractivity contribution in [2.45, 2.75) is 57.4 Å². The Kier molecular flexibility index (Phi) is 2.19. The van der Waals surface area contributed by atoms with Crippen molar-refractivity contribution in [2.24, 2.45) is 0 Å². The van der Waals surface area contributed by atoms with Crippen LogP contribution in [0, 0.1) is 0 Å². The zero-order valence-corrected chi connectivity index (χ0v) is 9.21. The van der Waals surface area contributed by atoms with Crippen LogP contribution in [0.1, 0.15) is 55.8 Å². The molecule has 0 radical (unpaired) electrons. The first-order valence-electron chi connectivity index (χ1n) is 6.22. The third-order valence-corrected chi connectivity index (χ3v) is 3.91. The molecule has 82 valence electrons. The Labute approximate surface area is 90.7 Å². The highest BCUT2D eigenvalue weighted by atomic mass is 15.3. The predicted octanol–water partition coefficient (Wildman–Crippen LogP) is 2.46. The van der Waals surface area contributed by atoms with E-state index in [-0.39, 0.29) is 0 Å². The zero-order valence-electron chi connectivity index (χ0n) is 9.21. The normalized spacial score (nSPS) is 21.9. The van der Waals surface area contributed by atoms with Crippen LogP contribution in [0.5, 0.6) is 0 Å². The monoisotopic (exact) mass is 205 g/mol. The number of hydrogen-bond donors (Lipinski definition) is 1. The van der Waals surface area contributed by atoms with Crippen LogP contribution < -0.4 is 5.73 Å². The van der Waals surface area contributed by atoms with Crippen LogP contribution in [-0.2, 0) is 12.8 Å². The number of fused-ring (bicyclic) bond motifs is 1. The molecule has 0 unspecified atom stereocenters. The summed E-state index contributed by atoms with van der Waals surface area (Å²) in [4.78, 5) is 0. The molecule has 3 rings (SSSR count). The molecule has 1 heterocycles. The fourth-order valence-electron chi connectivity index (χ4n) is 3.11. The molecule has 3 nitrogen and oxygen atoms in total. The summed E-state index contributed by atoms with van der Waals surface area (Å²) in [6.45, 7) is 0. The molecule has 2 N–H and O–H groups in total. The summed E-state index contributed by atoms with van der Waals surface area (Å²) in [5.41, 5.74) is 8.80. The number of nitrogen functional groups attached to an aromatic ring is 1. The summed E-state index contributed by atoms with van der Waals surface area (Å²) in [7, 11) is 0. The van der Waals surface area contributed by atoms with Crippen molar-refractivity contribution < 1.29 is 0 Å². The average molecular weight is 205 g/mol. The molecule has 2 aliphatic rings. The van der Waals surface area contributed by atoms with Crippen LogP contribution in [0.15, 0.2) is 0 Å². The van der Waals surface area contributed by atoms with Gasteiger partial charge in [0.1, 0.15) is 5.82 Å². The first-order valence-corrected chi connectivity index (χ1v) is 6.22. The van der Waals surface area contributed by atoms with Gasteiger partial charge in [0.15, 0.2) is 0 Å². The lowest BCUT2D eigenvalue weighted by Gasteiger charge is -2.17. The number of aromatic nitrogens is 2. The summed E-state index contributed by atoms with van der Waals surface area (Å²) in [6.07, 6.45) is 10.3. The molecule has 0 atom stereocenters. The molecule has 0 bridgehead atoms. The molecule has 1 fully saturated rings. The molecule has 0 amide bonds. The molecule has 15 heavy (non-hydrogen) atoms. The van der Waals surface area contributed by atoms with Gasteiger partial charge in [-0.25, -0.2) is 0 Å². The van der Waals surface area contributed by atoms with Crippen LogP contribution >= 0.6 is 0 Å². The minimum absolute atomic E-state index is 0.647. The van der Waals surface area contributed by atoms with Gasteiger partial charge in [-0.05, 0) is 38.5 Å². The second-order valence-corrected chi connectivity index (χ2v) is 4.90. The Hall–Kier alpha value is -0.990. The molecule has 0 aromatic carbocycles. The Morgan fingerprint density at radius 3 is 2.60 bits per heavy atom. The third-order valence-electron chi connectivity index (χ3n) is 3.91. The maximum absolute atomic E-state index is 6.00. The quantitative estimate of drug-likeness (QED) is 0.765. The van der Waals surface area contributed by atoms with Gasteiger partial charge >= 0.3 is 0 Å². The smallest absolute Gasteiger partial charge is 0.148 e. The highest BCUT2D eigenvalue weighted by Crippen LogP contribution is 2.34. The van der Waals surface area contributed by atoms with Gasteiger partial charge < -0.3 is 5.73 Å². The van der Waals surface area contributed by atoms with E-state index in [0.717, 1.165) is 12.2 Å². The van der Waals surface area contributed by atoms with Gasteiger partial charge in [0, 0.05) is 11.3 Å². The van der Waals surface area contributed by atoms with Gasteiger partial charge in [-0.3, -0.25) is 4.68 Å². The minimum atomic E-state index is 0.647. The predicted molar refractivity (Wildman–Crippen MR) is 60.8 cm³/mol. The third kappa shape index (κ3) is 1.45. The van der Waals surface area contributed by atoms with Crippen LogP contribution in [0.2, 0.25) is 0 Å². The van der Waals surface area contributed by atoms with Gasteiger partial charge in [-0.2, -0.15) is 5.10 Å². The first-order chi connectivity index (χ1) is 7.36. The van der Waals surface area contributed by atoms with Crippen molar-refractivity contribution in [3.8, 4) is 0 Å². The SMILES string of the molecule is Nc1nn(C2CCCC2)c2c1CCCC2. The molecule has 0 spiro atoms. The van der Waals surface area contributed by atoms with E-state index in [4.69, 9.17) is 5.73 Å². The zero-order chi connectivity index (χ0) is 10.3. The lowest BCUT2D eigenvalue weighted by molar-refractivity contribution is 0.442. The lowest BCUT2D eigenvalue weighted by atomic mass is 9.97. The molecule has 0 aliphatic heterocycles. The second-order valence-electron chi connectivity index (χ2n) is 4.90. The summed E-state index contributed by atoms with van der Waals surface area (Å²) in [6, 6.07) is 0.647. The molecule has 2 aliphatic carbocycles. The average Bonchev–Trinajstić information content (AvgIpc) is 2.87. The van der Waals surface area contributed by atoms with Gasteiger partial charge in [0.05, 0.1) is 6.04 Å². The number of hydrogen-bond acceptors (Lipinski definition) is 2. The number of rotatable bonds is 1. The molecular formula is C12H19N3. The van der Waals surface area contributed by atoms with Crippen LogP contribution in [0.4, 0.5) is 5.82 Å². The summed E-state index contributed by atoms with van der Waals surface area (Å²) in [5, 5.41) is 4.57. The van der Waals surface area contributed by atoms with E-state index in [2.05, 4.69) is 9.78 Å². The van der Waals surface area contributed by atoms with E-state index in [1.54, 1.807) is 0 Å². The topological polar surface area (TPSA) is 43.8 Å². The van der Waals surface area contributed by atoms with Crippen molar-refractivity contribution in [3.05, 3.63) is 11.3 Å². The Morgan fingerprint density at radius 2 is 1.80 bits per heavy atom. The molecule has 0 saturated heterocycles. The highest BCUT2D eigenvalue weighted by molar-refractivity contribution is 5.44. The van der Waals surface area contributed by atoms with Crippen molar-refractivity contribution in [2.75, 3.05) is 5.73 Å². The Balaban J connectivity index is 1.99. The molecule has 1 aromatic rings. The minimum Gasteiger partial charge on any atom is -0.382 e. The number of nitrogens with two attached hydrogens (primary N) is 1. The van der Waals surface area contributed by atoms with Crippen LogP contribution in [0.25, 0.3) is 0 Å². The van der Waals surface area contributed by atoms with Gasteiger partial charge in [0.2, 0.25) is 0 Å². The largest absolute Gasteiger partial charge is 0.382 e. The number of anilines is 1. The standard InChI is InChI=1S/C12H19N3/c13-12-10-7-3-4-8-11(10)15(14-12)9-5-1-2-6-9/h9H,1-8H2,(H2,13,14). The highest BCUT2D eigenvalue weighted by Gasteiger charge is 2.25. The fraction of sp³-hybridized carbons (Fsp3) is 0.750. The summed E-state index contributed by atoms with van der Waals surface area (Å²) in [5.74, 6) is 0.802. The van der Waals surface area contributed by atoms with E-state index in [9.17, 15) is 0 Å². The van der Waals surface area contributed by atoms with Crippen molar-refractivity contribution in [1.29, 1.82) is 0 Å². The lowest BCUT2D eigenvalue weighted by Crippen LogP contribution is -2.13. The summed E-state index contributed by atoms with van der Waals surface area (Å²) >= 11 is 0. The van der Waals surface area contributed by atoms with Crippen LogP contribution in [-0.4, -0.2) is 9.78 Å². The Morgan fingerprint density at radius 1 is 1.07 bits per heavy atom. The van der Waals surface area contributed by atoms with E-state index in [1.165, 1.54) is 56.2 Å². The molecular weight excluding hydrogens is 186 g/mol. The van der Waals surface area contributed by atoms with Gasteiger partial charge in [-0.1, -0.05) is 12.8 Å². The first kappa shape index (κ1) is 9.25. The fourth-order valence-corrected chi connectivity index (χ4v) is 3.11. The molecule has 1 saturated carbocycles. The molecule has 3 heteroatoms. The maximum Gasteiger partial charge on any atom is 0.148 e. The summed E-state index contributed by atoms with van der Waals surface area (Å²) < 4.78 is 2.26. The second kappa shape index (κ2) is 3.54. The van der Waals surface area contributed by atoms with Crippen molar-refractivity contribution in [3.63, 3.8) is 0 Å². The molecule has 1 aromatic heterocycles. The van der Waals surface area contributed by atoms with E-state index in [0.29, 0.717) is 6.04 Å². The van der Waals surface area contributed by atoms with E-state index < -0.39 is 0 Å². The maximum atomic E-state index is 6.00. The van der Waals surface area contributed by atoms with E-state index >= 15 is 0 Å². The van der Waals surface area contributed by atoms with Crippen molar-refractivity contribution >= 4 is 5.82 Å².